The van der Waals surface area contributed by atoms with E-state index in [1.54, 1.807) is 0 Å². The zero-order chi connectivity index (χ0) is 14.9. The van der Waals surface area contributed by atoms with E-state index in [9.17, 15) is 9.90 Å². The van der Waals surface area contributed by atoms with E-state index >= 15 is 0 Å². The Hall–Kier alpha value is -1.55. The maximum Gasteiger partial charge on any atom is 0.225 e. The fraction of sp³-hybridized carbons (Fsp3) is 0.588. The van der Waals surface area contributed by atoms with Crippen molar-refractivity contribution in [3.63, 3.8) is 0 Å². The molecule has 1 saturated carbocycles. The molecule has 1 heterocycles. The van der Waals surface area contributed by atoms with Gasteiger partial charge in [0.1, 0.15) is 18.0 Å². The molecular weight excluding hydrogens is 266 g/mol. The highest BCUT2D eigenvalue weighted by molar-refractivity contribution is 5.81. The van der Waals surface area contributed by atoms with E-state index in [0.29, 0.717) is 13.0 Å². The van der Waals surface area contributed by atoms with Crippen LogP contribution in [-0.4, -0.2) is 41.2 Å². The maximum absolute atomic E-state index is 12.2. The zero-order valence-electron chi connectivity index (χ0n) is 12.5. The van der Waals surface area contributed by atoms with Crippen molar-refractivity contribution in [2.45, 2.75) is 38.2 Å². The zero-order valence-corrected chi connectivity index (χ0v) is 12.5. The summed E-state index contributed by atoms with van der Waals surface area (Å²) in [6.45, 7) is 3.39. The summed E-state index contributed by atoms with van der Waals surface area (Å²) in [4.78, 5) is 14.0. The van der Waals surface area contributed by atoms with Crippen LogP contribution in [0, 0.1) is 12.8 Å². The van der Waals surface area contributed by atoms with Gasteiger partial charge >= 0.3 is 0 Å². The van der Waals surface area contributed by atoms with Gasteiger partial charge in [-0.2, -0.15) is 0 Å². The van der Waals surface area contributed by atoms with Crippen molar-refractivity contribution in [2.75, 3.05) is 19.7 Å². The van der Waals surface area contributed by atoms with Crippen LogP contribution in [-0.2, 0) is 4.79 Å². The summed E-state index contributed by atoms with van der Waals surface area (Å²) in [5.74, 6) is 1.23. The standard InChI is InChI=1S/C17H23NO3/c1-13-5-2-3-6-15(13)21-12-17(20)9-4-10-18(11-17)16(19)14-7-8-14/h2-3,5-6,14,20H,4,7-12H2,1H3/t17-/m0/s1. The predicted molar refractivity (Wildman–Crippen MR) is 80.2 cm³/mol. The fourth-order valence-corrected chi connectivity index (χ4v) is 2.94. The minimum Gasteiger partial charge on any atom is -0.490 e. The number of amides is 1. The van der Waals surface area contributed by atoms with Crippen LogP contribution in [0.3, 0.4) is 0 Å². The molecule has 4 heteroatoms. The average Bonchev–Trinajstić information content (AvgIpc) is 3.30. The van der Waals surface area contributed by atoms with E-state index in [1.807, 2.05) is 36.1 Å². The molecule has 1 saturated heterocycles. The summed E-state index contributed by atoms with van der Waals surface area (Å²) in [5, 5.41) is 10.7. The van der Waals surface area contributed by atoms with Crippen LogP contribution in [0.5, 0.6) is 5.75 Å². The molecule has 3 rings (SSSR count). The second kappa shape index (κ2) is 5.68. The van der Waals surface area contributed by atoms with Gasteiger partial charge in [0.25, 0.3) is 0 Å². The molecule has 1 amide bonds. The molecule has 1 aliphatic carbocycles. The lowest BCUT2D eigenvalue weighted by Crippen LogP contribution is -2.53. The first kappa shape index (κ1) is 14.4. The highest BCUT2D eigenvalue weighted by Gasteiger charge is 2.40. The first-order valence-electron chi connectivity index (χ1n) is 7.77. The molecule has 0 aromatic heterocycles. The van der Waals surface area contributed by atoms with Gasteiger partial charge in [-0.05, 0) is 44.2 Å². The molecule has 4 nitrogen and oxygen atoms in total. The van der Waals surface area contributed by atoms with Crippen molar-refractivity contribution < 1.29 is 14.6 Å². The van der Waals surface area contributed by atoms with Crippen molar-refractivity contribution in [2.24, 2.45) is 5.92 Å². The summed E-state index contributed by atoms with van der Waals surface area (Å²) < 4.78 is 5.80. The Morgan fingerprint density at radius 3 is 2.90 bits per heavy atom. The Bertz CT molecular complexity index is 527. The van der Waals surface area contributed by atoms with Gasteiger partial charge in [0, 0.05) is 12.5 Å². The van der Waals surface area contributed by atoms with E-state index < -0.39 is 5.60 Å². The molecular formula is C17H23NO3. The predicted octanol–water partition coefficient (Wildman–Crippen LogP) is 2.14. The largest absolute Gasteiger partial charge is 0.490 e. The second-order valence-electron chi connectivity index (χ2n) is 6.42. The van der Waals surface area contributed by atoms with Gasteiger partial charge in [0.2, 0.25) is 5.91 Å². The third-order valence-electron chi connectivity index (χ3n) is 4.38. The van der Waals surface area contributed by atoms with E-state index in [2.05, 4.69) is 0 Å². The van der Waals surface area contributed by atoms with E-state index in [0.717, 1.165) is 37.1 Å². The summed E-state index contributed by atoms with van der Waals surface area (Å²) in [6.07, 6.45) is 3.54. The number of hydrogen-bond acceptors (Lipinski definition) is 3. The number of aryl methyl sites for hydroxylation is 1. The third kappa shape index (κ3) is 3.38. The minimum atomic E-state index is -0.926. The number of nitrogens with zero attached hydrogens (tertiary/aromatic N) is 1. The third-order valence-corrected chi connectivity index (χ3v) is 4.38. The minimum absolute atomic E-state index is 0.212. The number of rotatable bonds is 4. The Balaban J connectivity index is 1.60. The van der Waals surface area contributed by atoms with Crippen LogP contribution in [0.25, 0.3) is 0 Å². The van der Waals surface area contributed by atoms with Crippen molar-refractivity contribution in [1.82, 2.24) is 4.90 Å². The molecule has 0 spiro atoms. The van der Waals surface area contributed by atoms with Crippen molar-refractivity contribution in [1.29, 1.82) is 0 Å². The van der Waals surface area contributed by atoms with Gasteiger partial charge in [-0.3, -0.25) is 4.79 Å². The van der Waals surface area contributed by atoms with E-state index in [4.69, 9.17) is 4.74 Å². The molecule has 2 fully saturated rings. The normalized spacial score (nSPS) is 25.7. The first-order chi connectivity index (χ1) is 10.1. The SMILES string of the molecule is Cc1ccccc1OC[C@]1(O)CCCN(C(=O)C2CC2)C1. The lowest BCUT2D eigenvalue weighted by atomic mass is 9.93. The quantitative estimate of drug-likeness (QED) is 0.924. The number of piperidine rings is 1. The van der Waals surface area contributed by atoms with Crippen LogP contribution in [0.1, 0.15) is 31.2 Å². The lowest BCUT2D eigenvalue weighted by molar-refractivity contribution is -0.141. The number of aliphatic hydroxyl groups is 1. The highest BCUT2D eigenvalue weighted by Crippen LogP contribution is 2.33. The number of carbonyl (C=O) groups is 1. The summed E-state index contributed by atoms with van der Waals surface area (Å²) in [6, 6.07) is 7.79. The van der Waals surface area contributed by atoms with Gasteiger partial charge in [-0.25, -0.2) is 0 Å². The van der Waals surface area contributed by atoms with Gasteiger partial charge in [-0.15, -0.1) is 0 Å². The van der Waals surface area contributed by atoms with Crippen LogP contribution in [0.15, 0.2) is 24.3 Å². The van der Waals surface area contributed by atoms with Crippen LogP contribution >= 0.6 is 0 Å². The Kier molecular flexibility index (Phi) is 3.89. The summed E-state index contributed by atoms with van der Waals surface area (Å²) in [7, 11) is 0. The molecule has 1 aromatic carbocycles. The maximum atomic E-state index is 12.2. The second-order valence-corrected chi connectivity index (χ2v) is 6.42. The molecule has 1 atom stereocenters. The number of benzene rings is 1. The van der Waals surface area contributed by atoms with Gasteiger partial charge in [0.15, 0.2) is 0 Å². The molecule has 0 unspecified atom stereocenters. The molecule has 114 valence electrons. The number of hydrogen-bond donors (Lipinski definition) is 1. The van der Waals surface area contributed by atoms with Crippen molar-refractivity contribution >= 4 is 5.91 Å². The van der Waals surface area contributed by atoms with Gasteiger partial charge in [-0.1, -0.05) is 18.2 Å². The van der Waals surface area contributed by atoms with Crippen molar-refractivity contribution in [3.8, 4) is 5.75 Å². The Labute approximate surface area is 125 Å². The summed E-state index contributed by atoms with van der Waals surface area (Å²) >= 11 is 0. The van der Waals surface area contributed by atoms with E-state index in [1.165, 1.54) is 0 Å². The Morgan fingerprint density at radius 1 is 1.43 bits per heavy atom. The lowest BCUT2D eigenvalue weighted by Gasteiger charge is -2.39. The molecule has 0 radical (unpaired) electrons. The number of para-hydroxylation sites is 1. The van der Waals surface area contributed by atoms with Crippen molar-refractivity contribution in [3.05, 3.63) is 29.8 Å². The molecule has 1 aromatic rings. The number of ether oxygens (including phenoxy) is 1. The smallest absolute Gasteiger partial charge is 0.225 e. The van der Waals surface area contributed by atoms with Crippen LogP contribution in [0.2, 0.25) is 0 Å². The molecule has 21 heavy (non-hydrogen) atoms. The topological polar surface area (TPSA) is 49.8 Å². The highest BCUT2D eigenvalue weighted by atomic mass is 16.5. The number of β-amino-alcohol motifs (C(OH)–C–C–N with tert-alkyl or cyclic N) is 1. The average molecular weight is 289 g/mol. The molecule has 1 N–H and O–H groups in total. The Morgan fingerprint density at radius 2 is 2.19 bits per heavy atom. The van der Waals surface area contributed by atoms with Crippen LogP contribution < -0.4 is 4.74 Å². The first-order valence-corrected chi connectivity index (χ1v) is 7.77. The monoisotopic (exact) mass is 289 g/mol. The van der Waals surface area contributed by atoms with Gasteiger partial charge < -0.3 is 14.7 Å². The molecule has 0 bridgehead atoms. The van der Waals surface area contributed by atoms with E-state index in [-0.39, 0.29) is 18.4 Å². The van der Waals surface area contributed by atoms with Gasteiger partial charge in [0.05, 0.1) is 6.54 Å². The fourth-order valence-electron chi connectivity index (χ4n) is 2.94. The number of carbonyl (C=O) groups excluding carboxylic acids is 1. The number of likely N-dealkylation sites (tertiary alicyclic amines) is 1. The summed E-state index contributed by atoms with van der Waals surface area (Å²) in [5.41, 5.74) is 0.133. The van der Waals surface area contributed by atoms with Crippen LogP contribution in [0.4, 0.5) is 0 Å². The molecule has 1 aliphatic heterocycles. The molecule has 2 aliphatic rings.